The van der Waals surface area contributed by atoms with Crippen LogP contribution in [0.25, 0.3) is 0 Å². The van der Waals surface area contributed by atoms with Crippen molar-refractivity contribution < 1.29 is 9.59 Å². The van der Waals surface area contributed by atoms with Gasteiger partial charge in [-0.05, 0) is 38.3 Å². The number of nitrogens with zero attached hydrogens (tertiary/aromatic N) is 1. The summed E-state index contributed by atoms with van der Waals surface area (Å²) in [6, 6.07) is 8.16. The van der Waals surface area contributed by atoms with E-state index < -0.39 is 0 Å². The Labute approximate surface area is 145 Å². The highest BCUT2D eigenvalue weighted by molar-refractivity contribution is 5.98. The number of rotatable bonds is 9. The Morgan fingerprint density at radius 1 is 1.21 bits per heavy atom. The maximum atomic E-state index is 12.4. The van der Waals surface area contributed by atoms with Gasteiger partial charge in [-0.15, -0.1) is 0 Å². The van der Waals surface area contributed by atoms with E-state index in [9.17, 15) is 9.59 Å². The molecule has 1 atom stereocenters. The standard InChI is InChI=1S/C20H30N2O2/c1-3-4-6-16-8-10-17(11-9-16)19(23)12-13-20(24)22-14-5-7-18(22)15-21-2/h8-11,18,21H,3-7,12-15H2,1-2H3. The molecule has 0 saturated carbocycles. The molecule has 2 rings (SSSR count). The number of ketones is 1. The third kappa shape index (κ3) is 5.17. The minimum Gasteiger partial charge on any atom is -0.338 e. The molecule has 1 saturated heterocycles. The van der Waals surface area contributed by atoms with Crippen molar-refractivity contribution in [3.63, 3.8) is 0 Å². The number of likely N-dealkylation sites (N-methyl/N-ethyl adjacent to an activating group) is 1. The zero-order valence-electron chi connectivity index (χ0n) is 15.0. The third-order valence-corrected chi connectivity index (χ3v) is 4.80. The molecule has 1 unspecified atom stereocenters. The van der Waals surface area contributed by atoms with Crippen molar-refractivity contribution in [2.75, 3.05) is 20.1 Å². The van der Waals surface area contributed by atoms with Gasteiger partial charge in [0.1, 0.15) is 0 Å². The summed E-state index contributed by atoms with van der Waals surface area (Å²) in [5, 5.41) is 3.14. The molecule has 1 heterocycles. The number of benzene rings is 1. The molecule has 4 heteroatoms. The van der Waals surface area contributed by atoms with Crippen molar-refractivity contribution in [2.24, 2.45) is 0 Å². The number of likely N-dealkylation sites (tertiary alicyclic amines) is 1. The van der Waals surface area contributed by atoms with Gasteiger partial charge in [-0.1, -0.05) is 37.6 Å². The van der Waals surface area contributed by atoms with E-state index in [1.165, 1.54) is 18.4 Å². The van der Waals surface area contributed by atoms with Crippen molar-refractivity contribution in [3.05, 3.63) is 35.4 Å². The second-order valence-corrected chi connectivity index (χ2v) is 6.66. The fraction of sp³-hybridized carbons (Fsp3) is 0.600. The molecular weight excluding hydrogens is 300 g/mol. The largest absolute Gasteiger partial charge is 0.338 e. The molecule has 24 heavy (non-hydrogen) atoms. The van der Waals surface area contributed by atoms with Crippen LogP contribution in [-0.4, -0.2) is 42.8 Å². The highest BCUT2D eigenvalue weighted by Gasteiger charge is 2.27. The van der Waals surface area contributed by atoms with Gasteiger partial charge in [0, 0.05) is 37.5 Å². The van der Waals surface area contributed by atoms with Crippen molar-refractivity contribution >= 4 is 11.7 Å². The molecule has 1 aromatic carbocycles. The summed E-state index contributed by atoms with van der Waals surface area (Å²) in [7, 11) is 1.91. The molecule has 0 bridgehead atoms. The highest BCUT2D eigenvalue weighted by Crippen LogP contribution is 2.19. The number of hydrogen-bond donors (Lipinski definition) is 1. The first kappa shape index (κ1) is 18.7. The minimum absolute atomic E-state index is 0.0646. The van der Waals surface area contributed by atoms with Crippen LogP contribution in [-0.2, 0) is 11.2 Å². The Kier molecular flexibility index (Phi) is 7.44. The third-order valence-electron chi connectivity index (χ3n) is 4.80. The fourth-order valence-electron chi connectivity index (χ4n) is 3.36. The first-order valence-electron chi connectivity index (χ1n) is 9.22. The molecule has 1 fully saturated rings. The zero-order valence-corrected chi connectivity index (χ0v) is 15.0. The van der Waals surface area contributed by atoms with Gasteiger partial charge in [0.15, 0.2) is 5.78 Å². The quantitative estimate of drug-likeness (QED) is 0.707. The van der Waals surface area contributed by atoms with E-state index in [1.807, 2.05) is 36.2 Å². The predicted molar refractivity (Wildman–Crippen MR) is 97.3 cm³/mol. The summed E-state index contributed by atoms with van der Waals surface area (Å²) in [6.07, 6.45) is 6.14. The monoisotopic (exact) mass is 330 g/mol. The molecule has 0 spiro atoms. The molecule has 1 aromatic rings. The van der Waals surface area contributed by atoms with Crippen molar-refractivity contribution in [1.82, 2.24) is 10.2 Å². The van der Waals surface area contributed by atoms with Gasteiger partial charge >= 0.3 is 0 Å². The van der Waals surface area contributed by atoms with Gasteiger partial charge in [-0.3, -0.25) is 9.59 Å². The van der Waals surface area contributed by atoms with Gasteiger partial charge in [-0.25, -0.2) is 0 Å². The predicted octanol–water partition coefficient (Wildman–Crippen LogP) is 3.20. The van der Waals surface area contributed by atoms with Gasteiger partial charge in [0.05, 0.1) is 0 Å². The summed E-state index contributed by atoms with van der Waals surface area (Å²) in [5.74, 6) is 0.176. The van der Waals surface area contributed by atoms with E-state index in [0.717, 1.165) is 37.9 Å². The van der Waals surface area contributed by atoms with Crippen LogP contribution in [0.15, 0.2) is 24.3 Å². The maximum absolute atomic E-state index is 12.4. The van der Waals surface area contributed by atoms with E-state index in [1.54, 1.807) is 0 Å². The van der Waals surface area contributed by atoms with Gasteiger partial charge in [-0.2, -0.15) is 0 Å². The van der Waals surface area contributed by atoms with Crippen LogP contribution in [0.5, 0.6) is 0 Å². The maximum Gasteiger partial charge on any atom is 0.223 e. The van der Waals surface area contributed by atoms with E-state index in [-0.39, 0.29) is 17.7 Å². The second kappa shape index (κ2) is 9.58. The Bertz CT molecular complexity index is 539. The number of Topliss-reactive ketones (excluding diaryl/α,β-unsaturated/α-hetero) is 1. The number of nitrogens with one attached hydrogen (secondary N) is 1. The summed E-state index contributed by atoms with van der Waals surface area (Å²) >= 11 is 0. The second-order valence-electron chi connectivity index (χ2n) is 6.66. The minimum atomic E-state index is 0.0646. The topological polar surface area (TPSA) is 49.4 Å². The number of unbranched alkanes of at least 4 members (excludes halogenated alkanes) is 1. The SMILES string of the molecule is CCCCc1ccc(C(=O)CCC(=O)N2CCCC2CNC)cc1. The molecule has 4 nitrogen and oxygen atoms in total. The van der Waals surface area contributed by atoms with Crippen molar-refractivity contribution in [3.8, 4) is 0 Å². The van der Waals surface area contributed by atoms with Crippen LogP contribution in [0.4, 0.5) is 0 Å². The van der Waals surface area contributed by atoms with Crippen LogP contribution in [0.3, 0.4) is 0 Å². The number of carbonyl (C=O) groups excluding carboxylic acids is 2. The summed E-state index contributed by atoms with van der Waals surface area (Å²) in [4.78, 5) is 26.6. The van der Waals surface area contributed by atoms with Gasteiger partial charge < -0.3 is 10.2 Å². The van der Waals surface area contributed by atoms with Crippen LogP contribution < -0.4 is 5.32 Å². The van der Waals surface area contributed by atoms with E-state index >= 15 is 0 Å². The molecule has 0 aliphatic carbocycles. The molecule has 1 N–H and O–H groups in total. The lowest BCUT2D eigenvalue weighted by Gasteiger charge is -2.24. The van der Waals surface area contributed by atoms with E-state index in [2.05, 4.69) is 12.2 Å². The van der Waals surface area contributed by atoms with Crippen LogP contribution in [0, 0.1) is 0 Å². The summed E-state index contributed by atoms with van der Waals surface area (Å²) in [6.45, 7) is 3.83. The lowest BCUT2D eigenvalue weighted by Crippen LogP contribution is -2.40. The lowest BCUT2D eigenvalue weighted by molar-refractivity contribution is -0.131. The Hall–Kier alpha value is -1.68. The van der Waals surface area contributed by atoms with E-state index in [0.29, 0.717) is 12.8 Å². The van der Waals surface area contributed by atoms with Crippen molar-refractivity contribution in [1.29, 1.82) is 0 Å². The number of carbonyl (C=O) groups is 2. The lowest BCUT2D eigenvalue weighted by atomic mass is 10.0. The summed E-state index contributed by atoms with van der Waals surface area (Å²) in [5.41, 5.74) is 1.99. The van der Waals surface area contributed by atoms with Gasteiger partial charge in [0.25, 0.3) is 0 Å². The van der Waals surface area contributed by atoms with Crippen LogP contribution in [0.1, 0.15) is 61.4 Å². The fourth-order valence-corrected chi connectivity index (χ4v) is 3.36. The van der Waals surface area contributed by atoms with Gasteiger partial charge in [0.2, 0.25) is 5.91 Å². The molecule has 0 aromatic heterocycles. The smallest absolute Gasteiger partial charge is 0.223 e. The molecule has 132 valence electrons. The molecule has 1 aliphatic rings. The Morgan fingerprint density at radius 2 is 1.96 bits per heavy atom. The average molecular weight is 330 g/mol. The number of amides is 1. The van der Waals surface area contributed by atoms with Crippen LogP contribution >= 0.6 is 0 Å². The highest BCUT2D eigenvalue weighted by atomic mass is 16.2. The molecule has 1 aliphatic heterocycles. The first-order valence-corrected chi connectivity index (χ1v) is 9.22. The Balaban J connectivity index is 1.82. The Morgan fingerprint density at radius 3 is 2.62 bits per heavy atom. The molecule has 0 radical (unpaired) electrons. The van der Waals surface area contributed by atoms with E-state index in [4.69, 9.17) is 0 Å². The first-order chi connectivity index (χ1) is 11.7. The zero-order chi connectivity index (χ0) is 17.4. The van der Waals surface area contributed by atoms with Crippen molar-refractivity contribution in [2.45, 2.75) is 57.9 Å². The molecule has 1 amide bonds. The normalized spacial score (nSPS) is 17.2. The summed E-state index contributed by atoms with van der Waals surface area (Å²) < 4.78 is 0. The van der Waals surface area contributed by atoms with Crippen LogP contribution in [0.2, 0.25) is 0 Å². The number of aryl methyl sites for hydroxylation is 1. The number of hydrogen-bond acceptors (Lipinski definition) is 3. The average Bonchev–Trinajstić information content (AvgIpc) is 3.06. The molecular formula is C20H30N2O2.